The average Bonchev–Trinajstić information content (AvgIpc) is 1.98. The van der Waals surface area contributed by atoms with Crippen molar-refractivity contribution in [3.63, 3.8) is 0 Å². The Morgan fingerprint density at radius 2 is 2.20 bits per heavy atom. The van der Waals surface area contributed by atoms with Gasteiger partial charge in [-0.1, -0.05) is 25.2 Å². The van der Waals surface area contributed by atoms with E-state index in [4.69, 9.17) is 0 Å². The van der Waals surface area contributed by atoms with Crippen molar-refractivity contribution in [2.45, 2.75) is 20.3 Å². The van der Waals surface area contributed by atoms with Gasteiger partial charge in [0, 0.05) is 0 Å². The molecule has 0 N–H and O–H groups in total. The number of halogens is 1. The van der Waals surface area contributed by atoms with Crippen molar-refractivity contribution >= 4 is 0 Å². The summed E-state index contributed by atoms with van der Waals surface area (Å²) in [6.45, 7) is 3.99. The van der Waals surface area contributed by atoms with Crippen LogP contribution in [-0.2, 0) is 0 Å². The molecule has 0 aliphatic carbocycles. The Bertz CT molecular complexity index is 152. The Hall–Kier alpha value is -0.850. The monoisotopic (exact) mass is 140 g/mol. The quantitative estimate of drug-likeness (QED) is 0.527. The molecule has 0 radical (unpaired) electrons. The fraction of sp³-hybridized carbons (Fsp3) is 0.333. The normalized spacial score (nSPS) is 13.7. The minimum Gasteiger partial charge on any atom is -0.216 e. The minimum atomic E-state index is 0.541. The first-order chi connectivity index (χ1) is 4.85. The van der Waals surface area contributed by atoms with Gasteiger partial charge < -0.3 is 0 Å². The van der Waals surface area contributed by atoms with Gasteiger partial charge in [-0.05, 0) is 25.0 Å². The van der Waals surface area contributed by atoms with Crippen molar-refractivity contribution in [2.24, 2.45) is 0 Å². The molecule has 0 saturated heterocycles. The summed E-state index contributed by atoms with van der Waals surface area (Å²) >= 11 is 0. The number of rotatable bonds is 3. The smallest absolute Gasteiger partial charge is 0.0867 e. The van der Waals surface area contributed by atoms with Gasteiger partial charge in [0.25, 0.3) is 0 Å². The van der Waals surface area contributed by atoms with Gasteiger partial charge >= 0.3 is 0 Å². The predicted octanol–water partition coefficient (Wildman–Crippen LogP) is 3.38. The van der Waals surface area contributed by atoms with Crippen LogP contribution in [0, 0.1) is 0 Å². The van der Waals surface area contributed by atoms with Crippen molar-refractivity contribution in [3.05, 3.63) is 36.2 Å². The largest absolute Gasteiger partial charge is 0.216 e. The zero-order chi connectivity index (χ0) is 7.82. The minimum absolute atomic E-state index is 0.541. The molecule has 0 atom stereocenters. The van der Waals surface area contributed by atoms with E-state index >= 15 is 0 Å². The SMILES string of the molecule is C\C=C/C(=C\C=C\F)CC. The van der Waals surface area contributed by atoms with E-state index in [0.29, 0.717) is 6.33 Å². The van der Waals surface area contributed by atoms with E-state index in [2.05, 4.69) is 0 Å². The average molecular weight is 140 g/mol. The van der Waals surface area contributed by atoms with Gasteiger partial charge in [-0.2, -0.15) is 0 Å². The van der Waals surface area contributed by atoms with E-state index in [1.54, 1.807) is 6.08 Å². The molecule has 0 aliphatic heterocycles. The molecule has 0 aromatic heterocycles. The molecule has 0 spiro atoms. The summed E-state index contributed by atoms with van der Waals surface area (Å²) < 4.78 is 11.5. The maximum absolute atomic E-state index is 11.5. The second-order valence-corrected chi connectivity index (χ2v) is 1.91. The molecule has 0 amide bonds. The fourth-order valence-electron chi connectivity index (χ4n) is 0.665. The predicted molar refractivity (Wildman–Crippen MR) is 43.4 cm³/mol. The van der Waals surface area contributed by atoms with E-state index in [0.717, 1.165) is 12.0 Å². The lowest BCUT2D eigenvalue weighted by Crippen LogP contribution is -1.70. The van der Waals surface area contributed by atoms with Gasteiger partial charge in [0.15, 0.2) is 0 Å². The van der Waals surface area contributed by atoms with Crippen molar-refractivity contribution in [1.82, 2.24) is 0 Å². The zero-order valence-electron chi connectivity index (χ0n) is 6.47. The van der Waals surface area contributed by atoms with Gasteiger partial charge in [-0.15, -0.1) is 0 Å². The molecule has 0 aromatic carbocycles. The lowest BCUT2D eigenvalue weighted by Gasteiger charge is -1.91. The van der Waals surface area contributed by atoms with Crippen LogP contribution in [0.2, 0.25) is 0 Å². The first-order valence-electron chi connectivity index (χ1n) is 3.43. The lowest BCUT2D eigenvalue weighted by molar-refractivity contribution is 0.721. The number of hydrogen-bond acceptors (Lipinski definition) is 0. The highest BCUT2D eigenvalue weighted by atomic mass is 19.1. The summed E-state index contributed by atoms with van der Waals surface area (Å²) in [7, 11) is 0. The van der Waals surface area contributed by atoms with Crippen LogP contribution in [0.5, 0.6) is 0 Å². The van der Waals surface area contributed by atoms with Crippen molar-refractivity contribution in [2.75, 3.05) is 0 Å². The summed E-state index contributed by atoms with van der Waals surface area (Å²) in [6, 6.07) is 0. The molecule has 0 unspecified atom stereocenters. The molecule has 0 heterocycles. The number of allylic oxidation sites excluding steroid dienone is 5. The Kier molecular flexibility index (Phi) is 5.74. The van der Waals surface area contributed by atoms with Crippen LogP contribution in [0.15, 0.2) is 36.2 Å². The highest BCUT2D eigenvalue weighted by Gasteiger charge is 1.81. The molecular formula is C9H13F. The third-order valence-corrected chi connectivity index (χ3v) is 1.17. The first-order valence-corrected chi connectivity index (χ1v) is 3.43. The molecule has 1 heteroatoms. The van der Waals surface area contributed by atoms with Gasteiger partial charge in [0.05, 0.1) is 6.33 Å². The molecule has 0 rings (SSSR count). The summed E-state index contributed by atoms with van der Waals surface area (Å²) in [5, 5.41) is 0. The Balaban J connectivity index is 4.04. The van der Waals surface area contributed by atoms with Crippen LogP contribution in [0.1, 0.15) is 20.3 Å². The van der Waals surface area contributed by atoms with E-state index in [1.165, 1.54) is 6.08 Å². The van der Waals surface area contributed by atoms with Crippen LogP contribution in [0.4, 0.5) is 4.39 Å². The van der Waals surface area contributed by atoms with Crippen LogP contribution in [0.3, 0.4) is 0 Å². The molecule has 0 saturated carbocycles. The summed E-state index contributed by atoms with van der Waals surface area (Å²) in [4.78, 5) is 0. The summed E-state index contributed by atoms with van der Waals surface area (Å²) in [6.07, 6.45) is 8.56. The van der Waals surface area contributed by atoms with Crippen molar-refractivity contribution < 1.29 is 4.39 Å². The highest BCUT2D eigenvalue weighted by molar-refractivity contribution is 5.22. The van der Waals surface area contributed by atoms with Gasteiger partial charge in [-0.25, -0.2) is 4.39 Å². The van der Waals surface area contributed by atoms with Crippen LogP contribution in [0.25, 0.3) is 0 Å². The summed E-state index contributed by atoms with van der Waals surface area (Å²) in [5.41, 5.74) is 1.14. The number of hydrogen-bond donors (Lipinski definition) is 0. The highest BCUT2D eigenvalue weighted by Crippen LogP contribution is 2.02. The Morgan fingerprint density at radius 1 is 1.50 bits per heavy atom. The van der Waals surface area contributed by atoms with Gasteiger partial charge in [-0.3, -0.25) is 0 Å². The third kappa shape index (κ3) is 4.07. The third-order valence-electron chi connectivity index (χ3n) is 1.17. The first kappa shape index (κ1) is 9.15. The van der Waals surface area contributed by atoms with Gasteiger partial charge in [0.1, 0.15) is 0 Å². The molecule has 0 aromatic rings. The zero-order valence-corrected chi connectivity index (χ0v) is 6.47. The second kappa shape index (κ2) is 6.27. The van der Waals surface area contributed by atoms with Crippen molar-refractivity contribution in [3.8, 4) is 0 Å². The second-order valence-electron chi connectivity index (χ2n) is 1.91. The van der Waals surface area contributed by atoms with E-state index in [-0.39, 0.29) is 0 Å². The van der Waals surface area contributed by atoms with E-state index < -0.39 is 0 Å². The Labute approximate surface area is 61.8 Å². The maximum Gasteiger partial charge on any atom is 0.0867 e. The molecule has 56 valence electrons. The van der Waals surface area contributed by atoms with E-state index in [9.17, 15) is 4.39 Å². The fourth-order valence-corrected chi connectivity index (χ4v) is 0.665. The molecule has 0 aliphatic rings. The molecular weight excluding hydrogens is 127 g/mol. The van der Waals surface area contributed by atoms with Crippen molar-refractivity contribution in [1.29, 1.82) is 0 Å². The standard InChI is InChI=1S/C9H13F/c1-3-6-9(4-2)7-5-8-10/h3,5-8H,4H2,1-2H3/b6-3-,8-5+,9-7-. The topological polar surface area (TPSA) is 0 Å². The van der Waals surface area contributed by atoms with Crippen LogP contribution in [-0.4, -0.2) is 0 Å². The Morgan fingerprint density at radius 3 is 2.60 bits per heavy atom. The molecule has 10 heavy (non-hydrogen) atoms. The lowest BCUT2D eigenvalue weighted by atomic mass is 10.2. The molecule has 0 bridgehead atoms. The van der Waals surface area contributed by atoms with Crippen LogP contribution >= 0.6 is 0 Å². The molecule has 0 fully saturated rings. The molecule has 0 nitrogen and oxygen atoms in total. The maximum atomic E-state index is 11.5. The van der Waals surface area contributed by atoms with Crippen LogP contribution < -0.4 is 0 Å². The summed E-state index contributed by atoms with van der Waals surface area (Å²) in [5.74, 6) is 0. The van der Waals surface area contributed by atoms with Gasteiger partial charge in [0.2, 0.25) is 0 Å². The van der Waals surface area contributed by atoms with E-state index in [1.807, 2.05) is 26.0 Å².